The molecule has 5 nitrogen and oxygen atoms in total. The number of pyridine rings is 1. The maximum absolute atomic E-state index is 12.2. The van der Waals surface area contributed by atoms with Crippen molar-refractivity contribution in [1.82, 2.24) is 15.3 Å². The van der Waals surface area contributed by atoms with Crippen LogP contribution in [-0.4, -0.2) is 35.0 Å². The summed E-state index contributed by atoms with van der Waals surface area (Å²) in [7, 11) is 0. The monoisotopic (exact) mass is 318 g/mol. The maximum Gasteiger partial charge on any atom is 0.223 e. The Hall–Kier alpha value is -1.69. The van der Waals surface area contributed by atoms with Crippen LogP contribution < -0.4 is 10.2 Å². The maximum atomic E-state index is 12.2. The highest BCUT2D eigenvalue weighted by molar-refractivity contribution is 7.21. The van der Waals surface area contributed by atoms with Crippen molar-refractivity contribution in [2.75, 3.05) is 18.0 Å². The molecule has 0 aromatic carbocycles. The number of amides is 1. The Morgan fingerprint density at radius 3 is 2.95 bits per heavy atom. The van der Waals surface area contributed by atoms with Gasteiger partial charge in [0, 0.05) is 31.2 Å². The van der Waals surface area contributed by atoms with Crippen molar-refractivity contribution in [3.05, 3.63) is 18.3 Å². The van der Waals surface area contributed by atoms with E-state index in [0.717, 1.165) is 47.8 Å². The molecular weight excluding hydrogens is 296 g/mol. The molecule has 3 heterocycles. The van der Waals surface area contributed by atoms with E-state index in [0.29, 0.717) is 0 Å². The number of carbonyl (C=O) groups excluding carboxylic acids is 1. The van der Waals surface area contributed by atoms with E-state index in [9.17, 15) is 4.79 Å². The van der Waals surface area contributed by atoms with Crippen molar-refractivity contribution in [2.24, 2.45) is 5.92 Å². The van der Waals surface area contributed by atoms with E-state index >= 15 is 0 Å². The second kappa shape index (κ2) is 6.60. The summed E-state index contributed by atoms with van der Waals surface area (Å²) in [5.41, 5.74) is 0.958. The number of nitrogens with one attached hydrogen (secondary N) is 1. The zero-order valence-electron chi connectivity index (χ0n) is 13.1. The molecule has 2 aromatic rings. The molecule has 2 aromatic heterocycles. The first-order valence-corrected chi connectivity index (χ1v) is 8.76. The molecule has 0 aliphatic carbocycles. The summed E-state index contributed by atoms with van der Waals surface area (Å²) < 4.78 is 0. The lowest BCUT2D eigenvalue weighted by Crippen LogP contribution is -2.43. The fourth-order valence-electron chi connectivity index (χ4n) is 2.69. The van der Waals surface area contributed by atoms with Crippen LogP contribution in [0.15, 0.2) is 18.3 Å². The minimum absolute atomic E-state index is 0.137. The molecule has 1 aliphatic rings. The van der Waals surface area contributed by atoms with Gasteiger partial charge in [0.1, 0.15) is 10.3 Å². The van der Waals surface area contributed by atoms with Crippen LogP contribution in [0.3, 0.4) is 0 Å². The molecule has 6 heteroatoms. The van der Waals surface area contributed by atoms with Crippen LogP contribution >= 0.6 is 11.3 Å². The third-order valence-corrected chi connectivity index (χ3v) is 5.33. The lowest BCUT2D eigenvalue weighted by atomic mass is 9.96. The smallest absolute Gasteiger partial charge is 0.223 e. The molecule has 1 atom stereocenters. The van der Waals surface area contributed by atoms with Crippen molar-refractivity contribution in [1.29, 1.82) is 0 Å². The third-order valence-electron chi connectivity index (χ3n) is 4.29. The molecule has 0 saturated carbocycles. The van der Waals surface area contributed by atoms with Crippen LogP contribution in [0, 0.1) is 5.92 Å². The van der Waals surface area contributed by atoms with E-state index < -0.39 is 0 Å². The predicted octanol–water partition coefficient (Wildman–Crippen LogP) is 2.82. The second-order valence-electron chi connectivity index (χ2n) is 5.90. The van der Waals surface area contributed by atoms with Crippen molar-refractivity contribution in [3.8, 4) is 0 Å². The number of hydrogen-bond acceptors (Lipinski definition) is 5. The highest BCUT2D eigenvalue weighted by Crippen LogP contribution is 2.30. The quantitative estimate of drug-likeness (QED) is 0.942. The summed E-state index contributed by atoms with van der Waals surface area (Å²) in [6.07, 6.45) is 4.57. The zero-order valence-corrected chi connectivity index (χ0v) is 13.9. The first kappa shape index (κ1) is 15.2. The van der Waals surface area contributed by atoms with Crippen molar-refractivity contribution >= 4 is 32.7 Å². The number of carbonyl (C=O) groups is 1. The van der Waals surface area contributed by atoms with Crippen molar-refractivity contribution < 1.29 is 4.79 Å². The van der Waals surface area contributed by atoms with Gasteiger partial charge in [-0.2, -0.15) is 0 Å². The fraction of sp³-hybridized carbons (Fsp3) is 0.562. The number of thiazole rings is 1. The Bertz CT molecular complexity index is 615. The highest BCUT2D eigenvalue weighted by atomic mass is 32.1. The predicted molar refractivity (Wildman–Crippen MR) is 90.2 cm³/mol. The number of aromatic nitrogens is 2. The lowest BCUT2D eigenvalue weighted by Gasteiger charge is -2.31. The van der Waals surface area contributed by atoms with E-state index in [1.807, 2.05) is 12.1 Å². The summed E-state index contributed by atoms with van der Waals surface area (Å²) in [4.78, 5) is 24.5. The Morgan fingerprint density at radius 2 is 2.27 bits per heavy atom. The van der Waals surface area contributed by atoms with Crippen LogP contribution in [-0.2, 0) is 4.79 Å². The van der Waals surface area contributed by atoms with Gasteiger partial charge >= 0.3 is 0 Å². The number of hydrogen-bond donors (Lipinski definition) is 1. The molecule has 3 rings (SSSR count). The number of nitrogens with zero attached hydrogens (tertiary/aromatic N) is 3. The van der Waals surface area contributed by atoms with E-state index in [-0.39, 0.29) is 17.9 Å². The lowest BCUT2D eigenvalue weighted by molar-refractivity contribution is -0.126. The van der Waals surface area contributed by atoms with Gasteiger partial charge in [0.05, 0.1) is 0 Å². The number of anilines is 1. The van der Waals surface area contributed by atoms with E-state index in [4.69, 9.17) is 0 Å². The minimum Gasteiger partial charge on any atom is -0.353 e. The highest BCUT2D eigenvalue weighted by Gasteiger charge is 2.26. The SMILES string of the molecule is CC[C@H](C)NC(=O)C1CCN(c2nc3cccnc3s2)CC1. The zero-order chi connectivity index (χ0) is 15.5. The third kappa shape index (κ3) is 3.21. The molecule has 0 spiro atoms. The van der Waals surface area contributed by atoms with Crippen LogP contribution in [0.25, 0.3) is 10.3 Å². The average molecular weight is 318 g/mol. The van der Waals surface area contributed by atoms with Crippen LogP contribution in [0.1, 0.15) is 33.1 Å². The molecule has 1 saturated heterocycles. The van der Waals surface area contributed by atoms with Gasteiger partial charge in [-0.05, 0) is 38.3 Å². The molecule has 1 amide bonds. The molecule has 22 heavy (non-hydrogen) atoms. The summed E-state index contributed by atoms with van der Waals surface area (Å²) >= 11 is 1.63. The van der Waals surface area contributed by atoms with Gasteiger partial charge < -0.3 is 10.2 Å². The van der Waals surface area contributed by atoms with Gasteiger partial charge in [-0.25, -0.2) is 9.97 Å². The Balaban J connectivity index is 1.60. The Labute approximate surface area is 134 Å². The molecule has 1 aliphatic heterocycles. The molecule has 1 fully saturated rings. The Kier molecular flexibility index (Phi) is 4.57. The average Bonchev–Trinajstić information content (AvgIpc) is 2.98. The summed E-state index contributed by atoms with van der Waals surface area (Å²) in [5.74, 6) is 0.345. The largest absolute Gasteiger partial charge is 0.353 e. The van der Waals surface area contributed by atoms with Gasteiger partial charge in [0.15, 0.2) is 5.13 Å². The van der Waals surface area contributed by atoms with Crippen molar-refractivity contribution in [3.63, 3.8) is 0 Å². The van der Waals surface area contributed by atoms with E-state index in [2.05, 4.69) is 34.0 Å². The molecular formula is C16H22N4OS. The summed E-state index contributed by atoms with van der Waals surface area (Å²) in [6.45, 7) is 5.92. The summed E-state index contributed by atoms with van der Waals surface area (Å²) in [5, 5.41) is 4.12. The molecule has 1 N–H and O–H groups in total. The van der Waals surface area contributed by atoms with E-state index in [1.54, 1.807) is 17.5 Å². The second-order valence-corrected chi connectivity index (χ2v) is 6.86. The van der Waals surface area contributed by atoms with Gasteiger partial charge in [-0.15, -0.1) is 0 Å². The van der Waals surface area contributed by atoms with Crippen LogP contribution in [0.5, 0.6) is 0 Å². The number of rotatable bonds is 4. The van der Waals surface area contributed by atoms with Gasteiger partial charge in [0.2, 0.25) is 5.91 Å². The molecule has 118 valence electrons. The standard InChI is InChI=1S/C16H22N4OS/c1-3-11(2)18-14(21)12-6-9-20(10-7-12)16-19-13-5-4-8-17-15(13)22-16/h4-5,8,11-12H,3,6-7,9-10H2,1-2H3,(H,18,21)/t11-/m0/s1. The van der Waals surface area contributed by atoms with E-state index in [1.165, 1.54) is 0 Å². The first-order chi connectivity index (χ1) is 10.7. The van der Waals surface area contributed by atoms with Gasteiger partial charge in [-0.3, -0.25) is 4.79 Å². The molecule has 0 radical (unpaired) electrons. The normalized spacial score (nSPS) is 17.6. The first-order valence-electron chi connectivity index (χ1n) is 7.94. The minimum atomic E-state index is 0.137. The van der Waals surface area contributed by atoms with Gasteiger partial charge in [0.25, 0.3) is 0 Å². The molecule has 0 unspecified atom stereocenters. The van der Waals surface area contributed by atoms with Gasteiger partial charge in [-0.1, -0.05) is 18.3 Å². The number of fused-ring (bicyclic) bond motifs is 1. The topological polar surface area (TPSA) is 58.1 Å². The van der Waals surface area contributed by atoms with Crippen molar-refractivity contribution in [2.45, 2.75) is 39.2 Å². The number of piperidine rings is 1. The molecule has 0 bridgehead atoms. The summed E-state index contributed by atoms with van der Waals surface area (Å²) in [6, 6.07) is 4.17. The fourth-order valence-corrected chi connectivity index (χ4v) is 3.65. The Morgan fingerprint density at radius 1 is 1.50 bits per heavy atom. The van der Waals surface area contributed by atoms with Crippen LogP contribution in [0.2, 0.25) is 0 Å². The van der Waals surface area contributed by atoms with Crippen LogP contribution in [0.4, 0.5) is 5.13 Å².